The monoisotopic (exact) mass is 398 g/mol. The lowest BCUT2D eigenvalue weighted by molar-refractivity contribution is 0.0571. The van der Waals surface area contributed by atoms with Crippen molar-refractivity contribution in [1.29, 1.82) is 0 Å². The minimum Gasteiger partial charge on any atom is -0.336 e. The van der Waals surface area contributed by atoms with Gasteiger partial charge in [0.2, 0.25) is 0 Å². The molecular formula is C22H30N4OS. The molecule has 0 spiro atoms. The summed E-state index contributed by atoms with van der Waals surface area (Å²) < 4.78 is 0. The lowest BCUT2D eigenvalue weighted by Crippen LogP contribution is -2.52. The smallest absolute Gasteiger partial charge is 0.255 e. The number of carbonyl (C=O) groups is 1. The van der Waals surface area contributed by atoms with E-state index in [-0.39, 0.29) is 5.91 Å². The van der Waals surface area contributed by atoms with Crippen LogP contribution in [0.15, 0.2) is 23.7 Å². The van der Waals surface area contributed by atoms with E-state index in [9.17, 15) is 4.79 Å². The van der Waals surface area contributed by atoms with Crippen LogP contribution in [-0.2, 0) is 25.9 Å². The molecule has 2 aromatic rings. The molecule has 6 heteroatoms. The zero-order chi connectivity index (χ0) is 19.7. The summed E-state index contributed by atoms with van der Waals surface area (Å²) in [4.78, 5) is 25.9. The average Bonchev–Trinajstić information content (AvgIpc) is 3.13. The number of piperazine rings is 1. The van der Waals surface area contributed by atoms with E-state index in [1.807, 2.05) is 11.1 Å². The standard InChI is InChI=1S/C22H30N4OS/c1-4-17-5-6-18(23-11-17)13-25-8-7-19-20(15-28-21(19)14-25)22(27)26-10-9-24(3)16(2)12-26/h5-6,11,15-16H,4,7-10,12-14H2,1-3H3/t16-/m0/s1. The molecule has 0 radical (unpaired) electrons. The van der Waals surface area contributed by atoms with Crippen LogP contribution in [0.2, 0.25) is 0 Å². The molecule has 2 aromatic heterocycles. The lowest BCUT2D eigenvalue weighted by atomic mass is 10.0. The van der Waals surface area contributed by atoms with E-state index in [1.54, 1.807) is 11.3 Å². The Labute approximate surface area is 172 Å². The molecule has 0 aromatic carbocycles. The molecule has 0 bridgehead atoms. The number of aromatic nitrogens is 1. The Kier molecular flexibility index (Phi) is 5.80. The number of hydrogen-bond donors (Lipinski definition) is 0. The fourth-order valence-electron chi connectivity index (χ4n) is 4.09. The minimum atomic E-state index is 0.225. The maximum atomic E-state index is 13.1. The zero-order valence-corrected chi connectivity index (χ0v) is 18.0. The molecule has 2 aliphatic rings. The van der Waals surface area contributed by atoms with E-state index in [0.717, 1.165) is 63.4 Å². The van der Waals surface area contributed by atoms with Crippen molar-refractivity contribution in [2.24, 2.45) is 0 Å². The van der Waals surface area contributed by atoms with E-state index in [4.69, 9.17) is 0 Å². The van der Waals surface area contributed by atoms with Crippen LogP contribution in [-0.4, -0.2) is 64.9 Å². The maximum absolute atomic E-state index is 13.1. The fourth-order valence-corrected chi connectivity index (χ4v) is 5.20. The maximum Gasteiger partial charge on any atom is 0.255 e. The van der Waals surface area contributed by atoms with Crippen LogP contribution in [0.1, 0.15) is 45.9 Å². The molecular weight excluding hydrogens is 368 g/mol. The third-order valence-electron chi connectivity index (χ3n) is 6.18. The van der Waals surface area contributed by atoms with E-state index in [1.165, 1.54) is 16.0 Å². The molecule has 1 fully saturated rings. The number of pyridine rings is 1. The van der Waals surface area contributed by atoms with Gasteiger partial charge in [-0.15, -0.1) is 11.3 Å². The summed E-state index contributed by atoms with van der Waals surface area (Å²) in [7, 11) is 2.14. The van der Waals surface area contributed by atoms with Crippen molar-refractivity contribution < 1.29 is 4.79 Å². The Morgan fingerprint density at radius 3 is 2.86 bits per heavy atom. The first kappa shape index (κ1) is 19.6. The summed E-state index contributed by atoms with van der Waals surface area (Å²) in [6.07, 6.45) is 3.97. The van der Waals surface area contributed by atoms with Crippen LogP contribution >= 0.6 is 11.3 Å². The second kappa shape index (κ2) is 8.31. The molecule has 0 unspecified atom stereocenters. The van der Waals surface area contributed by atoms with E-state index in [0.29, 0.717) is 6.04 Å². The first-order chi connectivity index (χ1) is 13.5. The van der Waals surface area contributed by atoms with Gasteiger partial charge in [-0.05, 0) is 44.0 Å². The first-order valence-corrected chi connectivity index (χ1v) is 11.2. The van der Waals surface area contributed by atoms with Crippen LogP contribution in [0, 0.1) is 0 Å². The number of rotatable bonds is 4. The van der Waals surface area contributed by atoms with Gasteiger partial charge in [0.1, 0.15) is 0 Å². The second-order valence-corrected chi connectivity index (χ2v) is 9.07. The number of amides is 1. The third-order valence-corrected chi connectivity index (χ3v) is 7.20. The summed E-state index contributed by atoms with van der Waals surface area (Å²) in [5.41, 5.74) is 4.64. The molecule has 4 rings (SSSR count). The van der Waals surface area contributed by atoms with Gasteiger partial charge in [-0.2, -0.15) is 0 Å². The zero-order valence-electron chi connectivity index (χ0n) is 17.1. The van der Waals surface area contributed by atoms with Gasteiger partial charge < -0.3 is 9.80 Å². The van der Waals surface area contributed by atoms with Crippen LogP contribution in [0.25, 0.3) is 0 Å². The molecule has 1 atom stereocenters. The van der Waals surface area contributed by atoms with Gasteiger partial charge in [-0.1, -0.05) is 13.0 Å². The average molecular weight is 399 g/mol. The highest BCUT2D eigenvalue weighted by Gasteiger charge is 2.29. The van der Waals surface area contributed by atoms with Crippen molar-refractivity contribution in [3.63, 3.8) is 0 Å². The van der Waals surface area contributed by atoms with Gasteiger partial charge in [0.15, 0.2) is 0 Å². The number of fused-ring (bicyclic) bond motifs is 1. The van der Waals surface area contributed by atoms with Gasteiger partial charge in [0.25, 0.3) is 5.91 Å². The summed E-state index contributed by atoms with van der Waals surface area (Å²) >= 11 is 1.75. The van der Waals surface area contributed by atoms with Crippen molar-refractivity contribution >= 4 is 17.2 Å². The highest BCUT2D eigenvalue weighted by molar-refractivity contribution is 7.10. The summed E-state index contributed by atoms with van der Waals surface area (Å²) in [6, 6.07) is 4.75. The van der Waals surface area contributed by atoms with Crippen LogP contribution in [0.3, 0.4) is 0 Å². The molecule has 4 heterocycles. The number of thiophene rings is 1. The van der Waals surface area contributed by atoms with Gasteiger partial charge in [0, 0.05) is 61.8 Å². The van der Waals surface area contributed by atoms with Crippen LogP contribution in [0.4, 0.5) is 0 Å². The molecule has 150 valence electrons. The quantitative estimate of drug-likeness (QED) is 0.794. The highest BCUT2D eigenvalue weighted by atomic mass is 32.1. The number of likely N-dealkylation sites (N-methyl/N-ethyl adjacent to an activating group) is 1. The van der Waals surface area contributed by atoms with Gasteiger partial charge >= 0.3 is 0 Å². The largest absolute Gasteiger partial charge is 0.336 e. The molecule has 2 aliphatic heterocycles. The number of aryl methyl sites for hydroxylation is 1. The van der Waals surface area contributed by atoms with E-state index < -0.39 is 0 Å². The predicted octanol–water partition coefficient (Wildman–Crippen LogP) is 3.04. The van der Waals surface area contributed by atoms with Crippen LogP contribution < -0.4 is 0 Å². The minimum absolute atomic E-state index is 0.225. The SMILES string of the molecule is CCc1ccc(CN2CCc3c(C(=O)N4CCN(C)[C@@H](C)C4)csc3C2)nc1. The lowest BCUT2D eigenvalue weighted by Gasteiger charge is -2.38. The fraction of sp³-hybridized carbons (Fsp3) is 0.545. The van der Waals surface area contributed by atoms with Crippen molar-refractivity contribution in [1.82, 2.24) is 19.7 Å². The number of nitrogens with zero attached hydrogens (tertiary/aromatic N) is 4. The van der Waals surface area contributed by atoms with Gasteiger partial charge in [0.05, 0.1) is 11.3 Å². The third kappa shape index (κ3) is 4.00. The van der Waals surface area contributed by atoms with Crippen LogP contribution in [0.5, 0.6) is 0 Å². The molecule has 1 saturated heterocycles. The highest BCUT2D eigenvalue weighted by Crippen LogP contribution is 2.30. The normalized spacial score (nSPS) is 21.0. The molecule has 0 aliphatic carbocycles. The Bertz CT molecular complexity index is 832. The predicted molar refractivity (Wildman–Crippen MR) is 114 cm³/mol. The second-order valence-electron chi connectivity index (χ2n) is 8.10. The Morgan fingerprint density at radius 2 is 2.14 bits per heavy atom. The van der Waals surface area contributed by atoms with Gasteiger partial charge in [-0.25, -0.2) is 0 Å². The molecule has 0 N–H and O–H groups in total. The van der Waals surface area contributed by atoms with Crippen molar-refractivity contribution in [3.05, 3.63) is 51.0 Å². The topological polar surface area (TPSA) is 39.7 Å². The van der Waals surface area contributed by atoms with E-state index in [2.05, 4.69) is 53.2 Å². The van der Waals surface area contributed by atoms with Gasteiger partial charge in [-0.3, -0.25) is 14.7 Å². The summed E-state index contributed by atoms with van der Waals surface area (Å²) in [5, 5.41) is 2.09. The first-order valence-electron chi connectivity index (χ1n) is 10.3. The molecule has 1 amide bonds. The number of carbonyl (C=O) groups excluding carboxylic acids is 1. The summed E-state index contributed by atoms with van der Waals surface area (Å²) in [6.45, 7) is 9.74. The number of hydrogen-bond acceptors (Lipinski definition) is 5. The Balaban J connectivity index is 1.42. The molecule has 0 saturated carbocycles. The van der Waals surface area contributed by atoms with Crippen molar-refractivity contribution in [2.45, 2.75) is 45.8 Å². The van der Waals surface area contributed by atoms with Crippen molar-refractivity contribution in [2.75, 3.05) is 33.2 Å². The Hall–Kier alpha value is -1.76. The molecule has 5 nitrogen and oxygen atoms in total. The summed E-state index contributed by atoms with van der Waals surface area (Å²) in [5.74, 6) is 0.225. The molecule has 28 heavy (non-hydrogen) atoms. The van der Waals surface area contributed by atoms with Crippen molar-refractivity contribution in [3.8, 4) is 0 Å². The Morgan fingerprint density at radius 1 is 1.29 bits per heavy atom. The van der Waals surface area contributed by atoms with E-state index >= 15 is 0 Å².